The van der Waals surface area contributed by atoms with Gasteiger partial charge >= 0.3 is 6.41 Å². The van der Waals surface area contributed by atoms with Crippen LogP contribution in [0.4, 0.5) is 0 Å². The van der Waals surface area contributed by atoms with Crippen LogP contribution >= 0.6 is 0 Å². The molecule has 1 aliphatic rings. The molecule has 1 rings (SSSR count). The lowest BCUT2D eigenvalue weighted by Gasteiger charge is -1.97. The normalized spacial score (nSPS) is 15.8. The molecule has 1 amide bonds. The van der Waals surface area contributed by atoms with E-state index in [1.807, 2.05) is 0 Å². The summed E-state index contributed by atoms with van der Waals surface area (Å²) in [5.74, 6) is 0. The van der Waals surface area contributed by atoms with Crippen molar-refractivity contribution in [2.45, 2.75) is 0 Å². The molecule has 0 atom stereocenters. The molecule has 0 N–H and O–H groups in total. The van der Waals surface area contributed by atoms with E-state index in [1.165, 1.54) is 12.4 Å². The van der Waals surface area contributed by atoms with E-state index in [2.05, 4.69) is 5.10 Å². The number of carbonyl (C=O) groups excluding carboxylic acids is 1. The van der Waals surface area contributed by atoms with Gasteiger partial charge in [-0.1, -0.05) is 6.08 Å². The Morgan fingerprint density at radius 1 is 1.33 bits per heavy atom. The van der Waals surface area contributed by atoms with Crippen molar-refractivity contribution in [2.75, 3.05) is 0 Å². The molecule has 0 aromatic rings. The van der Waals surface area contributed by atoms with Crippen LogP contribution in [0, 0.1) is 0 Å². The van der Waals surface area contributed by atoms with Crippen LogP contribution in [0.2, 0.25) is 0 Å². The van der Waals surface area contributed by atoms with Crippen LogP contribution in [0.15, 0.2) is 29.5 Å². The van der Waals surface area contributed by atoms with Gasteiger partial charge in [0, 0.05) is 12.4 Å². The molecule has 9 heavy (non-hydrogen) atoms. The van der Waals surface area contributed by atoms with Crippen molar-refractivity contribution in [1.82, 2.24) is 5.01 Å². The van der Waals surface area contributed by atoms with Gasteiger partial charge in [-0.2, -0.15) is 10.1 Å². The molecule has 0 aliphatic carbocycles. The van der Waals surface area contributed by atoms with Crippen molar-refractivity contribution in [2.24, 2.45) is 5.10 Å². The summed E-state index contributed by atoms with van der Waals surface area (Å²) in [6.07, 6.45) is 9.86. The molecule has 0 saturated heterocycles. The van der Waals surface area contributed by atoms with Gasteiger partial charge in [0.1, 0.15) is 0 Å². The Hall–Kier alpha value is -1.38. The van der Waals surface area contributed by atoms with Gasteiger partial charge in [0.05, 0.1) is 0 Å². The summed E-state index contributed by atoms with van der Waals surface area (Å²) in [5, 5.41) is 4.72. The first-order valence-electron chi connectivity index (χ1n) is 2.48. The molecule has 0 fully saturated rings. The van der Waals surface area contributed by atoms with E-state index in [0.717, 1.165) is 5.01 Å². The lowest BCUT2D eigenvalue weighted by Crippen LogP contribution is -2.04. The maximum Gasteiger partial charge on any atom is 0.338 e. The zero-order chi connectivity index (χ0) is 6.53. The van der Waals surface area contributed by atoms with Crippen molar-refractivity contribution < 1.29 is 4.79 Å². The van der Waals surface area contributed by atoms with Crippen LogP contribution in [0.3, 0.4) is 0 Å². The van der Waals surface area contributed by atoms with Gasteiger partial charge < -0.3 is 0 Å². The van der Waals surface area contributed by atoms with E-state index >= 15 is 0 Å². The van der Waals surface area contributed by atoms with E-state index in [9.17, 15) is 4.79 Å². The number of nitrogens with zero attached hydrogens (tertiary/aromatic N) is 2. The summed E-state index contributed by atoms with van der Waals surface area (Å²) in [4.78, 5) is 9.92. The topological polar surface area (TPSA) is 32.7 Å². The molecule has 0 aromatic heterocycles. The molecule has 3 nitrogen and oxygen atoms in total. The van der Waals surface area contributed by atoms with Crippen molar-refractivity contribution in [3.63, 3.8) is 0 Å². The highest BCUT2D eigenvalue weighted by Gasteiger charge is 1.90. The Balaban J connectivity index is 2.69. The highest BCUT2D eigenvalue weighted by Crippen LogP contribution is 1.89. The standard InChI is InChI=1S/C6H5N2O/c9-6-8-5-3-1-2-4-7-8/h1-5H. The molecule has 0 spiro atoms. The van der Waals surface area contributed by atoms with Crippen LogP contribution in [-0.4, -0.2) is 17.6 Å². The summed E-state index contributed by atoms with van der Waals surface area (Å²) >= 11 is 0. The predicted molar refractivity (Wildman–Crippen MR) is 34.3 cm³/mol. The van der Waals surface area contributed by atoms with Crippen molar-refractivity contribution in [1.29, 1.82) is 0 Å². The van der Waals surface area contributed by atoms with E-state index in [1.54, 1.807) is 24.6 Å². The zero-order valence-corrected chi connectivity index (χ0v) is 4.69. The average Bonchev–Trinajstić information content (AvgIpc) is 2.13. The molecule has 1 radical (unpaired) electrons. The van der Waals surface area contributed by atoms with Gasteiger partial charge in [0.25, 0.3) is 0 Å². The van der Waals surface area contributed by atoms with E-state index in [-0.39, 0.29) is 0 Å². The lowest BCUT2D eigenvalue weighted by atomic mass is 10.5. The van der Waals surface area contributed by atoms with Crippen LogP contribution in [0.1, 0.15) is 0 Å². The van der Waals surface area contributed by atoms with Gasteiger partial charge in [-0.05, 0) is 12.2 Å². The molecule has 0 aromatic carbocycles. The van der Waals surface area contributed by atoms with Crippen molar-refractivity contribution in [3.05, 3.63) is 24.4 Å². The monoisotopic (exact) mass is 121 g/mol. The SMILES string of the molecule is O=[C]N1C=CC=CC=N1. The third-order valence-corrected chi connectivity index (χ3v) is 0.820. The zero-order valence-electron chi connectivity index (χ0n) is 4.69. The third-order valence-electron chi connectivity index (χ3n) is 0.820. The fourth-order valence-electron chi connectivity index (χ4n) is 0.448. The Morgan fingerprint density at radius 2 is 2.22 bits per heavy atom. The summed E-state index contributed by atoms with van der Waals surface area (Å²) < 4.78 is 0. The quantitative estimate of drug-likeness (QED) is 0.495. The molecular weight excluding hydrogens is 116 g/mol. The number of amides is 1. The van der Waals surface area contributed by atoms with Gasteiger partial charge in [-0.15, -0.1) is 0 Å². The molecule has 45 valence electrons. The number of hydrazone groups is 1. The second-order valence-corrected chi connectivity index (χ2v) is 1.43. The van der Waals surface area contributed by atoms with Gasteiger partial charge in [0.15, 0.2) is 0 Å². The summed E-state index contributed by atoms with van der Waals surface area (Å²) in [6, 6.07) is 0. The molecule has 0 unspecified atom stereocenters. The molecule has 1 heterocycles. The van der Waals surface area contributed by atoms with Crippen molar-refractivity contribution >= 4 is 12.6 Å². The van der Waals surface area contributed by atoms with Crippen LogP contribution in [0.25, 0.3) is 0 Å². The van der Waals surface area contributed by atoms with Crippen LogP contribution in [0.5, 0.6) is 0 Å². The largest absolute Gasteiger partial charge is 0.338 e. The number of hydrogen-bond donors (Lipinski definition) is 0. The predicted octanol–water partition coefficient (Wildman–Crippen LogP) is 0.425. The highest BCUT2D eigenvalue weighted by molar-refractivity contribution is 5.73. The fourth-order valence-corrected chi connectivity index (χ4v) is 0.448. The summed E-state index contributed by atoms with van der Waals surface area (Å²) in [6.45, 7) is 0. The van der Waals surface area contributed by atoms with E-state index in [0.29, 0.717) is 0 Å². The lowest BCUT2D eigenvalue weighted by molar-refractivity contribution is 0.477. The maximum atomic E-state index is 9.92. The van der Waals surface area contributed by atoms with E-state index in [4.69, 9.17) is 0 Å². The minimum Gasteiger partial charge on any atom is -0.261 e. The number of rotatable bonds is 1. The molecule has 3 heteroatoms. The first kappa shape index (κ1) is 5.75. The minimum absolute atomic E-state index is 1.07. The average molecular weight is 121 g/mol. The van der Waals surface area contributed by atoms with Gasteiger partial charge in [0.2, 0.25) is 0 Å². The first-order chi connectivity index (χ1) is 4.43. The van der Waals surface area contributed by atoms with Gasteiger partial charge in [-0.3, -0.25) is 4.79 Å². The number of hydrogen-bond acceptors (Lipinski definition) is 2. The second kappa shape index (κ2) is 2.81. The second-order valence-electron chi connectivity index (χ2n) is 1.43. The molecule has 0 saturated carbocycles. The first-order valence-corrected chi connectivity index (χ1v) is 2.48. The Morgan fingerprint density at radius 3 is 3.00 bits per heavy atom. The fraction of sp³-hybridized carbons (Fsp3) is 0. The number of allylic oxidation sites excluding steroid dienone is 3. The third kappa shape index (κ3) is 1.53. The summed E-state index contributed by atoms with van der Waals surface area (Å²) in [7, 11) is 0. The van der Waals surface area contributed by atoms with Crippen molar-refractivity contribution in [3.8, 4) is 0 Å². The molecule has 1 aliphatic heterocycles. The highest BCUT2D eigenvalue weighted by atomic mass is 16.1. The Kier molecular flexibility index (Phi) is 1.80. The Bertz CT molecular complexity index is 165. The molecule has 0 bridgehead atoms. The van der Waals surface area contributed by atoms with Crippen LogP contribution in [-0.2, 0) is 4.79 Å². The smallest absolute Gasteiger partial charge is 0.261 e. The minimum atomic E-state index is 1.07. The Labute approximate surface area is 53.0 Å². The maximum absolute atomic E-state index is 9.92. The van der Waals surface area contributed by atoms with E-state index < -0.39 is 0 Å². The summed E-state index contributed by atoms with van der Waals surface area (Å²) in [5.41, 5.74) is 0. The molecular formula is C6H5N2O. The van der Waals surface area contributed by atoms with Crippen LogP contribution < -0.4 is 0 Å². The van der Waals surface area contributed by atoms with Gasteiger partial charge in [-0.25, -0.2) is 0 Å².